The van der Waals surface area contributed by atoms with Crippen LogP contribution in [0.15, 0.2) is 29.3 Å². The van der Waals surface area contributed by atoms with Gasteiger partial charge in [-0.05, 0) is 31.4 Å². The van der Waals surface area contributed by atoms with Crippen LogP contribution in [-0.4, -0.2) is 25.2 Å². The van der Waals surface area contributed by atoms with Crippen LogP contribution in [0, 0.1) is 12.8 Å². The highest BCUT2D eigenvalue weighted by atomic mass is 127. The van der Waals surface area contributed by atoms with E-state index in [1.807, 2.05) is 38.1 Å². The van der Waals surface area contributed by atoms with Crippen LogP contribution in [0.25, 0.3) is 0 Å². The molecule has 0 saturated carbocycles. The molecule has 1 rings (SSSR count). The minimum atomic E-state index is 0. The first-order chi connectivity index (χ1) is 8.99. The molecule has 0 aromatic heterocycles. The smallest absolute Gasteiger partial charge is 0.188 e. The summed E-state index contributed by atoms with van der Waals surface area (Å²) in [5.74, 6) is 1.91. The maximum absolute atomic E-state index is 5.85. The normalized spacial score (nSPS) is 12.8. The second-order valence-corrected chi connectivity index (χ2v) is 5.19. The lowest BCUT2D eigenvalue weighted by Gasteiger charge is -2.17. The Balaban J connectivity index is 0.00000361. The average Bonchev–Trinajstić information content (AvgIpc) is 2.36. The number of nitrogens with two attached hydrogens (primary N) is 1. The molecule has 0 bridgehead atoms. The maximum Gasteiger partial charge on any atom is 0.188 e. The van der Waals surface area contributed by atoms with Crippen molar-refractivity contribution >= 4 is 29.9 Å². The number of aliphatic imine (C=N–C) groups is 1. The molecule has 0 radical (unpaired) electrons. The number of ether oxygens (including phenoxy) is 1. The molecule has 1 aromatic rings. The van der Waals surface area contributed by atoms with Crippen molar-refractivity contribution in [1.29, 1.82) is 0 Å². The molecular formula is C15H26IN3O. The third-order valence-electron chi connectivity index (χ3n) is 2.62. The van der Waals surface area contributed by atoms with Crippen LogP contribution in [0.3, 0.4) is 0 Å². The molecule has 0 fully saturated rings. The van der Waals surface area contributed by atoms with Crippen LogP contribution in [-0.2, 0) is 0 Å². The summed E-state index contributed by atoms with van der Waals surface area (Å²) in [4.78, 5) is 4.25. The molecule has 0 aliphatic heterocycles. The lowest BCUT2D eigenvalue weighted by Crippen LogP contribution is -2.38. The van der Waals surface area contributed by atoms with E-state index in [-0.39, 0.29) is 30.1 Å². The molecule has 3 N–H and O–H groups in total. The van der Waals surface area contributed by atoms with Gasteiger partial charge in [-0.1, -0.05) is 32.0 Å². The predicted octanol–water partition coefficient (Wildman–Crippen LogP) is 2.94. The van der Waals surface area contributed by atoms with Crippen molar-refractivity contribution in [2.75, 3.05) is 13.1 Å². The number of aryl methyl sites for hydroxylation is 1. The highest BCUT2D eigenvalue weighted by molar-refractivity contribution is 14.0. The molecule has 4 nitrogen and oxygen atoms in total. The Labute approximate surface area is 139 Å². The van der Waals surface area contributed by atoms with Crippen molar-refractivity contribution in [2.24, 2.45) is 16.6 Å². The van der Waals surface area contributed by atoms with Crippen molar-refractivity contribution in [3.05, 3.63) is 29.8 Å². The minimum Gasteiger partial charge on any atom is -0.489 e. The third-order valence-corrected chi connectivity index (χ3v) is 2.62. The largest absolute Gasteiger partial charge is 0.489 e. The molecule has 1 unspecified atom stereocenters. The Bertz CT molecular complexity index is 421. The van der Waals surface area contributed by atoms with Gasteiger partial charge >= 0.3 is 0 Å². The standard InChI is InChI=1S/C15H25N3O.HI/c1-11(2)9-17-15(16)18-10-13(4)19-14-8-6-5-7-12(14)3;/h5-8,11,13H,9-10H2,1-4H3,(H3,16,17,18);1H. The van der Waals surface area contributed by atoms with Crippen molar-refractivity contribution in [3.8, 4) is 5.75 Å². The van der Waals surface area contributed by atoms with Crippen LogP contribution in [0.2, 0.25) is 0 Å². The van der Waals surface area contributed by atoms with Gasteiger partial charge in [0.1, 0.15) is 11.9 Å². The molecule has 0 aliphatic rings. The molecular weight excluding hydrogens is 365 g/mol. The van der Waals surface area contributed by atoms with Gasteiger partial charge in [0.05, 0.1) is 6.54 Å². The second-order valence-electron chi connectivity index (χ2n) is 5.19. The van der Waals surface area contributed by atoms with Crippen molar-refractivity contribution in [1.82, 2.24) is 5.32 Å². The number of hydrogen-bond donors (Lipinski definition) is 2. The molecule has 0 spiro atoms. The van der Waals surface area contributed by atoms with E-state index in [0.29, 0.717) is 18.4 Å². The van der Waals surface area contributed by atoms with E-state index < -0.39 is 0 Å². The zero-order valence-electron chi connectivity index (χ0n) is 12.7. The number of halogens is 1. The Morgan fingerprint density at radius 1 is 1.30 bits per heavy atom. The topological polar surface area (TPSA) is 59.6 Å². The van der Waals surface area contributed by atoms with Gasteiger partial charge in [-0.3, -0.25) is 4.99 Å². The molecule has 0 heterocycles. The van der Waals surface area contributed by atoms with Crippen molar-refractivity contribution in [3.63, 3.8) is 0 Å². The summed E-state index contributed by atoms with van der Waals surface area (Å²) in [6, 6.07) is 7.98. The Kier molecular flexibility index (Phi) is 9.37. The van der Waals surface area contributed by atoms with E-state index in [2.05, 4.69) is 24.2 Å². The van der Waals surface area contributed by atoms with Crippen LogP contribution < -0.4 is 15.8 Å². The monoisotopic (exact) mass is 391 g/mol. The summed E-state index contributed by atoms with van der Waals surface area (Å²) in [7, 11) is 0. The van der Waals surface area contributed by atoms with E-state index in [1.165, 1.54) is 0 Å². The van der Waals surface area contributed by atoms with Crippen molar-refractivity contribution < 1.29 is 4.74 Å². The second kappa shape index (κ2) is 9.85. The summed E-state index contributed by atoms with van der Waals surface area (Å²) in [5, 5.41) is 3.08. The summed E-state index contributed by atoms with van der Waals surface area (Å²) in [6.45, 7) is 9.65. The van der Waals surface area contributed by atoms with Gasteiger partial charge in [-0.2, -0.15) is 0 Å². The zero-order valence-corrected chi connectivity index (χ0v) is 15.0. The maximum atomic E-state index is 5.85. The summed E-state index contributed by atoms with van der Waals surface area (Å²) in [6.07, 6.45) is 0.0360. The van der Waals surface area contributed by atoms with Crippen LogP contribution in [0.5, 0.6) is 5.75 Å². The van der Waals surface area contributed by atoms with Crippen LogP contribution >= 0.6 is 24.0 Å². The van der Waals surface area contributed by atoms with E-state index in [0.717, 1.165) is 17.9 Å². The zero-order chi connectivity index (χ0) is 14.3. The summed E-state index contributed by atoms with van der Waals surface area (Å²) < 4.78 is 5.85. The van der Waals surface area contributed by atoms with Gasteiger partial charge in [0, 0.05) is 6.54 Å². The van der Waals surface area contributed by atoms with Gasteiger partial charge in [0.2, 0.25) is 0 Å². The first-order valence-corrected chi connectivity index (χ1v) is 6.75. The number of benzene rings is 1. The average molecular weight is 391 g/mol. The van der Waals surface area contributed by atoms with Gasteiger partial charge < -0.3 is 15.8 Å². The number of nitrogens with one attached hydrogen (secondary N) is 1. The number of hydrogen-bond acceptors (Lipinski definition) is 2. The Morgan fingerprint density at radius 2 is 1.95 bits per heavy atom. The molecule has 0 saturated heterocycles. The minimum absolute atomic E-state index is 0. The Hall–Kier alpha value is -0.980. The Morgan fingerprint density at radius 3 is 2.55 bits per heavy atom. The molecule has 1 atom stereocenters. The van der Waals surface area contributed by atoms with Gasteiger partial charge in [0.25, 0.3) is 0 Å². The summed E-state index contributed by atoms with van der Waals surface area (Å²) in [5.41, 5.74) is 6.91. The van der Waals surface area contributed by atoms with Gasteiger partial charge in [0.15, 0.2) is 5.96 Å². The number of para-hydroxylation sites is 1. The van der Waals surface area contributed by atoms with E-state index in [9.17, 15) is 0 Å². The number of rotatable bonds is 6. The highest BCUT2D eigenvalue weighted by Crippen LogP contribution is 2.17. The highest BCUT2D eigenvalue weighted by Gasteiger charge is 2.06. The fraction of sp³-hybridized carbons (Fsp3) is 0.533. The quantitative estimate of drug-likeness (QED) is 0.445. The molecule has 114 valence electrons. The number of nitrogens with zero attached hydrogens (tertiary/aromatic N) is 1. The fourth-order valence-corrected chi connectivity index (χ4v) is 1.53. The molecule has 0 amide bonds. The fourth-order valence-electron chi connectivity index (χ4n) is 1.53. The van der Waals surface area contributed by atoms with Gasteiger partial charge in [-0.25, -0.2) is 0 Å². The van der Waals surface area contributed by atoms with E-state index in [1.54, 1.807) is 0 Å². The first-order valence-electron chi connectivity index (χ1n) is 6.75. The van der Waals surface area contributed by atoms with Crippen LogP contribution in [0.1, 0.15) is 26.3 Å². The van der Waals surface area contributed by atoms with E-state index in [4.69, 9.17) is 10.5 Å². The number of guanidine groups is 1. The third kappa shape index (κ3) is 7.57. The lowest BCUT2D eigenvalue weighted by atomic mass is 10.2. The molecule has 20 heavy (non-hydrogen) atoms. The molecule has 0 aliphatic carbocycles. The van der Waals surface area contributed by atoms with Crippen LogP contribution in [0.4, 0.5) is 0 Å². The van der Waals surface area contributed by atoms with Gasteiger partial charge in [-0.15, -0.1) is 24.0 Å². The lowest BCUT2D eigenvalue weighted by molar-refractivity contribution is 0.222. The predicted molar refractivity (Wildman–Crippen MR) is 96.0 cm³/mol. The van der Waals surface area contributed by atoms with Crippen molar-refractivity contribution in [2.45, 2.75) is 33.8 Å². The summed E-state index contributed by atoms with van der Waals surface area (Å²) >= 11 is 0. The SMILES string of the molecule is Cc1ccccc1OC(C)CNC(N)=NCC(C)C.I. The molecule has 1 aromatic carbocycles. The van der Waals surface area contributed by atoms with E-state index >= 15 is 0 Å². The molecule has 5 heteroatoms. The first kappa shape index (κ1) is 19.0.